The average Bonchev–Trinajstić information content (AvgIpc) is 2.21. The van der Waals surface area contributed by atoms with Gasteiger partial charge in [0.15, 0.2) is 5.78 Å². The number of benzene rings is 1. The largest absolute Gasteiger partial charge is 0.328 e. The Kier molecular flexibility index (Phi) is 4.69. The Labute approximate surface area is 97.9 Å². The van der Waals surface area contributed by atoms with Crippen molar-refractivity contribution in [1.29, 1.82) is 0 Å². The van der Waals surface area contributed by atoms with Gasteiger partial charge in [0.25, 0.3) is 0 Å². The fourth-order valence-corrected chi connectivity index (χ4v) is 1.64. The SMILES string of the molecule is Cc1ccc(C(=O)CCCC(C)N)cc1C. The van der Waals surface area contributed by atoms with E-state index in [4.69, 9.17) is 5.73 Å². The topological polar surface area (TPSA) is 43.1 Å². The first-order valence-electron chi connectivity index (χ1n) is 5.86. The van der Waals surface area contributed by atoms with Crippen molar-refractivity contribution in [2.24, 2.45) is 5.73 Å². The molecule has 0 spiro atoms. The predicted octanol–water partition coefficient (Wildman–Crippen LogP) is 3.00. The van der Waals surface area contributed by atoms with Crippen LogP contribution in [0.4, 0.5) is 0 Å². The highest BCUT2D eigenvalue weighted by Crippen LogP contribution is 2.13. The lowest BCUT2D eigenvalue weighted by atomic mass is 10.00. The first-order valence-corrected chi connectivity index (χ1v) is 5.86. The third kappa shape index (κ3) is 3.78. The van der Waals surface area contributed by atoms with Crippen molar-refractivity contribution in [3.05, 3.63) is 34.9 Å². The van der Waals surface area contributed by atoms with Gasteiger partial charge < -0.3 is 5.73 Å². The van der Waals surface area contributed by atoms with E-state index in [9.17, 15) is 4.79 Å². The number of nitrogens with two attached hydrogens (primary N) is 1. The van der Waals surface area contributed by atoms with Crippen LogP contribution in [0.3, 0.4) is 0 Å². The van der Waals surface area contributed by atoms with Gasteiger partial charge in [-0.2, -0.15) is 0 Å². The van der Waals surface area contributed by atoms with E-state index in [2.05, 4.69) is 6.92 Å². The van der Waals surface area contributed by atoms with Crippen LogP contribution in [0.2, 0.25) is 0 Å². The number of rotatable bonds is 5. The molecule has 0 bridgehead atoms. The van der Waals surface area contributed by atoms with Gasteiger partial charge in [0, 0.05) is 18.0 Å². The molecule has 16 heavy (non-hydrogen) atoms. The monoisotopic (exact) mass is 219 g/mol. The van der Waals surface area contributed by atoms with Crippen molar-refractivity contribution in [1.82, 2.24) is 0 Å². The summed E-state index contributed by atoms with van der Waals surface area (Å²) in [4.78, 5) is 11.8. The minimum absolute atomic E-state index is 0.188. The van der Waals surface area contributed by atoms with Gasteiger partial charge in [-0.1, -0.05) is 12.1 Å². The Hall–Kier alpha value is -1.15. The molecule has 0 aliphatic heterocycles. The molecular weight excluding hydrogens is 198 g/mol. The molecule has 2 N–H and O–H groups in total. The van der Waals surface area contributed by atoms with E-state index in [-0.39, 0.29) is 11.8 Å². The van der Waals surface area contributed by atoms with Crippen LogP contribution < -0.4 is 5.73 Å². The van der Waals surface area contributed by atoms with Gasteiger partial charge in [0.2, 0.25) is 0 Å². The molecule has 0 saturated heterocycles. The van der Waals surface area contributed by atoms with Crippen molar-refractivity contribution < 1.29 is 4.79 Å². The van der Waals surface area contributed by atoms with Crippen molar-refractivity contribution >= 4 is 5.78 Å². The Bertz CT molecular complexity index is 369. The second-order valence-corrected chi connectivity index (χ2v) is 4.59. The van der Waals surface area contributed by atoms with Crippen molar-refractivity contribution in [3.63, 3.8) is 0 Å². The number of hydrogen-bond acceptors (Lipinski definition) is 2. The summed E-state index contributed by atoms with van der Waals surface area (Å²) >= 11 is 0. The lowest BCUT2D eigenvalue weighted by Gasteiger charge is -2.06. The number of aryl methyl sites for hydroxylation is 2. The molecule has 0 saturated carbocycles. The molecule has 1 aromatic rings. The molecule has 0 aliphatic carbocycles. The van der Waals surface area contributed by atoms with Crippen molar-refractivity contribution in [3.8, 4) is 0 Å². The number of carbonyl (C=O) groups excluding carboxylic acids is 1. The first-order chi connectivity index (χ1) is 7.50. The lowest BCUT2D eigenvalue weighted by Crippen LogP contribution is -2.14. The van der Waals surface area contributed by atoms with E-state index in [0.717, 1.165) is 18.4 Å². The maximum Gasteiger partial charge on any atom is 0.162 e. The first kappa shape index (κ1) is 12.9. The zero-order valence-corrected chi connectivity index (χ0v) is 10.4. The Morgan fingerprint density at radius 1 is 1.31 bits per heavy atom. The lowest BCUT2D eigenvalue weighted by molar-refractivity contribution is 0.0979. The van der Waals surface area contributed by atoms with Gasteiger partial charge in [-0.25, -0.2) is 0 Å². The zero-order chi connectivity index (χ0) is 12.1. The predicted molar refractivity (Wildman–Crippen MR) is 67.7 cm³/mol. The van der Waals surface area contributed by atoms with Crippen molar-refractivity contribution in [2.75, 3.05) is 0 Å². The highest BCUT2D eigenvalue weighted by Gasteiger charge is 2.07. The van der Waals surface area contributed by atoms with Crippen LogP contribution in [0, 0.1) is 13.8 Å². The molecule has 1 atom stereocenters. The molecule has 1 rings (SSSR count). The molecule has 2 nitrogen and oxygen atoms in total. The molecule has 0 heterocycles. The third-order valence-electron chi connectivity index (χ3n) is 2.89. The smallest absolute Gasteiger partial charge is 0.162 e. The van der Waals surface area contributed by atoms with Crippen LogP contribution in [0.15, 0.2) is 18.2 Å². The number of hydrogen-bond donors (Lipinski definition) is 1. The van der Waals surface area contributed by atoms with Crippen LogP contribution in [0.25, 0.3) is 0 Å². The van der Waals surface area contributed by atoms with Gasteiger partial charge in [0.05, 0.1) is 0 Å². The standard InChI is InChI=1S/C14H21NO/c1-10-7-8-13(9-11(10)2)14(16)6-4-5-12(3)15/h7-9,12H,4-6,15H2,1-3H3. The Balaban J connectivity index is 2.56. The van der Waals surface area contributed by atoms with Gasteiger partial charge >= 0.3 is 0 Å². The summed E-state index contributed by atoms with van der Waals surface area (Å²) in [7, 11) is 0. The summed E-state index contributed by atoms with van der Waals surface area (Å²) in [5.41, 5.74) is 8.88. The fraction of sp³-hybridized carbons (Fsp3) is 0.500. The van der Waals surface area contributed by atoms with Gasteiger partial charge in [-0.15, -0.1) is 0 Å². The van der Waals surface area contributed by atoms with Crippen LogP contribution in [0.5, 0.6) is 0 Å². The Morgan fingerprint density at radius 3 is 2.56 bits per heavy atom. The second kappa shape index (κ2) is 5.80. The van der Waals surface area contributed by atoms with Crippen LogP contribution in [-0.2, 0) is 0 Å². The summed E-state index contributed by atoms with van der Waals surface area (Å²) in [6.45, 7) is 6.06. The van der Waals surface area contributed by atoms with Gasteiger partial charge in [-0.05, 0) is 50.8 Å². The molecule has 0 fully saturated rings. The van der Waals surface area contributed by atoms with E-state index in [0.29, 0.717) is 6.42 Å². The van der Waals surface area contributed by atoms with E-state index in [1.54, 1.807) is 0 Å². The molecule has 0 aromatic heterocycles. The normalized spacial score (nSPS) is 12.5. The highest BCUT2D eigenvalue weighted by atomic mass is 16.1. The number of ketones is 1. The molecule has 88 valence electrons. The minimum Gasteiger partial charge on any atom is -0.328 e. The summed E-state index contributed by atoms with van der Waals surface area (Å²) in [6.07, 6.45) is 2.39. The van der Waals surface area contributed by atoms with Gasteiger partial charge in [-0.3, -0.25) is 4.79 Å². The second-order valence-electron chi connectivity index (χ2n) is 4.59. The van der Waals surface area contributed by atoms with E-state index in [1.165, 1.54) is 11.1 Å². The molecule has 0 amide bonds. The number of carbonyl (C=O) groups is 1. The van der Waals surface area contributed by atoms with Gasteiger partial charge in [0.1, 0.15) is 0 Å². The molecular formula is C14H21NO. The minimum atomic E-state index is 0.188. The molecule has 2 heteroatoms. The maximum atomic E-state index is 11.8. The summed E-state index contributed by atoms with van der Waals surface area (Å²) in [5, 5.41) is 0. The molecule has 1 unspecified atom stereocenters. The van der Waals surface area contributed by atoms with Crippen molar-refractivity contribution in [2.45, 2.75) is 46.1 Å². The zero-order valence-electron chi connectivity index (χ0n) is 10.4. The van der Waals surface area contributed by atoms with Crippen LogP contribution in [-0.4, -0.2) is 11.8 Å². The molecule has 0 radical (unpaired) electrons. The Morgan fingerprint density at radius 2 is 2.00 bits per heavy atom. The number of Topliss-reactive ketones (excluding diaryl/α,β-unsaturated/α-hetero) is 1. The van der Waals surface area contributed by atoms with E-state index < -0.39 is 0 Å². The molecule has 1 aromatic carbocycles. The van der Waals surface area contributed by atoms with Crippen LogP contribution >= 0.6 is 0 Å². The summed E-state index contributed by atoms with van der Waals surface area (Å²) in [6, 6.07) is 6.08. The summed E-state index contributed by atoms with van der Waals surface area (Å²) < 4.78 is 0. The average molecular weight is 219 g/mol. The maximum absolute atomic E-state index is 11.8. The fourth-order valence-electron chi connectivity index (χ4n) is 1.64. The van der Waals surface area contributed by atoms with E-state index in [1.807, 2.05) is 32.0 Å². The summed E-state index contributed by atoms with van der Waals surface area (Å²) in [5.74, 6) is 0.226. The quantitative estimate of drug-likeness (QED) is 0.774. The highest BCUT2D eigenvalue weighted by molar-refractivity contribution is 5.96. The molecule has 0 aliphatic rings. The third-order valence-corrected chi connectivity index (χ3v) is 2.89. The van der Waals surface area contributed by atoms with Crippen LogP contribution in [0.1, 0.15) is 47.7 Å². The van der Waals surface area contributed by atoms with E-state index >= 15 is 0 Å².